The number of anilines is 2. The summed E-state index contributed by atoms with van der Waals surface area (Å²) >= 11 is 5.94. The monoisotopic (exact) mass is 448 g/mol. The number of nitrogens with zero attached hydrogens (tertiary/aromatic N) is 2. The highest BCUT2D eigenvalue weighted by Gasteiger charge is 2.37. The van der Waals surface area contributed by atoms with Crippen molar-refractivity contribution in [3.05, 3.63) is 82.1 Å². The highest BCUT2D eigenvalue weighted by atomic mass is 35.5. The predicted molar refractivity (Wildman–Crippen MR) is 122 cm³/mol. The van der Waals surface area contributed by atoms with Crippen LogP contribution in [0.5, 0.6) is 5.75 Å². The molecule has 1 aromatic heterocycles. The molecule has 7 nitrogen and oxygen atoms in total. The zero-order chi connectivity index (χ0) is 22.2. The molecule has 1 amide bonds. The molecule has 3 aromatic rings. The van der Waals surface area contributed by atoms with Crippen LogP contribution in [0.2, 0.25) is 5.02 Å². The Morgan fingerprint density at radius 1 is 1.16 bits per heavy atom. The SMILES string of the molecule is COc1ccc(C2C3=C(CCCC3=O)Nc3c(C(=O)Nc4ccc(Cl)cc4)cnn32)cc1. The molecule has 2 heterocycles. The molecule has 0 radical (unpaired) electrons. The molecule has 162 valence electrons. The molecule has 2 aliphatic rings. The Balaban J connectivity index is 1.55. The van der Waals surface area contributed by atoms with E-state index in [4.69, 9.17) is 16.3 Å². The molecule has 1 aliphatic carbocycles. The maximum absolute atomic E-state index is 13.0. The standard InChI is InChI=1S/C24H21ClN4O3/c1-32-17-11-5-14(6-12-17)22-21-19(3-2-4-20(21)30)28-23-18(13-26-29(22)23)24(31)27-16-9-7-15(25)8-10-16/h5-13,22,28H,2-4H2,1H3,(H,27,31). The van der Waals surface area contributed by atoms with E-state index in [1.807, 2.05) is 24.3 Å². The number of allylic oxidation sites excluding steroid dienone is 2. The van der Waals surface area contributed by atoms with Gasteiger partial charge in [-0.1, -0.05) is 23.7 Å². The topological polar surface area (TPSA) is 85.2 Å². The summed E-state index contributed by atoms with van der Waals surface area (Å²) in [5, 5.41) is 11.3. The highest BCUT2D eigenvalue weighted by Crippen LogP contribution is 2.41. The van der Waals surface area contributed by atoms with Crippen molar-refractivity contribution in [3.63, 3.8) is 0 Å². The number of rotatable bonds is 4. The zero-order valence-electron chi connectivity index (χ0n) is 17.4. The molecule has 8 heteroatoms. The summed E-state index contributed by atoms with van der Waals surface area (Å²) in [4.78, 5) is 25.9. The molecule has 0 bridgehead atoms. The molecule has 0 saturated carbocycles. The zero-order valence-corrected chi connectivity index (χ0v) is 18.1. The van der Waals surface area contributed by atoms with Crippen LogP contribution >= 0.6 is 11.6 Å². The van der Waals surface area contributed by atoms with E-state index in [1.54, 1.807) is 36.1 Å². The van der Waals surface area contributed by atoms with Gasteiger partial charge >= 0.3 is 0 Å². The Hall–Kier alpha value is -3.58. The number of Topliss-reactive ketones (excluding diaryl/α,β-unsaturated/α-hetero) is 1. The summed E-state index contributed by atoms with van der Waals surface area (Å²) in [6, 6.07) is 14.1. The van der Waals surface area contributed by atoms with Crippen LogP contribution in [0, 0.1) is 0 Å². The maximum Gasteiger partial charge on any atom is 0.261 e. The van der Waals surface area contributed by atoms with Gasteiger partial charge in [0.25, 0.3) is 5.91 Å². The largest absolute Gasteiger partial charge is 0.497 e. The van der Waals surface area contributed by atoms with Crippen molar-refractivity contribution < 1.29 is 14.3 Å². The molecule has 2 N–H and O–H groups in total. The maximum atomic E-state index is 13.0. The highest BCUT2D eigenvalue weighted by molar-refractivity contribution is 6.30. The van der Waals surface area contributed by atoms with E-state index in [2.05, 4.69) is 15.7 Å². The minimum atomic E-state index is -0.406. The van der Waals surface area contributed by atoms with Gasteiger partial charge in [-0.25, -0.2) is 4.68 Å². The van der Waals surface area contributed by atoms with Gasteiger partial charge in [0, 0.05) is 28.4 Å². The fraction of sp³-hybridized carbons (Fsp3) is 0.208. The summed E-state index contributed by atoms with van der Waals surface area (Å²) < 4.78 is 7.00. The molecular formula is C24H21ClN4O3. The van der Waals surface area contributed by atoms with Crippen molar-refractivity contribution in [2.75, 3.05) is 17.7 Å². The summed E-state index contributed by atoms with van der Waals surface area (Å²) in [6.07, 6.45) is 3.57. The Morgan fingerprint density at radius 2 is 1.91 bits per heavy atom. The Morgan fingerprint density at radius 3 is 2.62 bits per heavy atom. The van der Waals surface area contributed by atoms with Crippen molar-refractivity contribution in [1.29, 1.82) is 0 Å². The van der Waals surface area contributed by atoms with Gasteiger partial charge < -0.3 is 15.4 Å². The van der Waals surface area contributed by atoms with Gasteiger partial charge in [-0.05, 0) is 54.8 Å². The molecule has 0 saturated heterocycles. The number of halogens is 1. The van der Waals surface area contributed by atoms with Crippen LogP contribution in [0.1, 0.15) is 41.2 Å². The van der Waals surface area contributed by atoms with Gasteiger partial charge in [0.1, 0.15) is 23.2 Å². The van der Waals surface area contributed by atoms with Gasteiger partial charge in [0.2, 0.25) is 0 Å². The van der Waals surface area contributed by atoms with E-state index in [9.17, 15) is 9.59 Å². The number of benzene rings is 2. The first-order valence-corrected chi connectivity index (χ1v) is 10.7. The third kappa shape index (κ3) is 3.54. The van der Waals surface area contributed by atoms with Crippen LogP contribution in [-0.2, 0) is 4.79 Å². The molecule has 5 rings (SSSR count). The number of ether oxygens (including phenoxy) is 1. The van der Waals surface area contributed by atoms with E-state index in [1.165, 1.54) is 6.20 Å². The second kappa shape index (κ2) is 8.16. The van der Waals surface area contributed by atoms with Crippen LogP contribution in [0.15, 0.2) is 66.0 Å². The molecule has 1 atom stereocenters. The number of methoxy groups -OCH3 is 1. The summed E-state index contributed by atoms with van der Waals surface area (Å²) in [5.41, 5.74) is 3.51. The number of carbonyl (C=O) groups excluding carboxylic acids is 2. The molecular weight excluding hydrogens is 428 g/mol. The number of carbonyl (C=O) groups is 2. The lowest BCUT2D eigenvalue weighted by atomic mass is 9.85. The lowest BCUT2D eigenvalue weighted by Crippen LogP contribution is -2.32. The summed E-state index contributed by atoms with van der Waals surface area (Å²) in [5.74, 6) is 1.12. The molecule has 2 aromatic carbocycles. The Bertz CT molecular complexity index is 1230. The molecule has 32 heavy (non-hydrogen) atoms. The molecule has 1 aliphatic heterocycles. The van der Waals surface area contributed by atoms with Crippen LogP contribution < -0.4 is 15.4 Å². The number of hydrogen-bond donors (Lipinski definition) is 2. The molecule has 1 unspecified atom stereocenters. The van der Waals surface area contributed by atoms with Gasteiger partial charge in [-0.15, -0.1) is 0 Å². The fourth-order valence-electron chi connectivity index (χ4n) is 4.25. The Labute approximate surface area is 190 Å². The second-order valence-electron chi connectivity index (χ2n) is 7.78. The third-order valence-electron chi connectivity index (χ3n) is 5.82. The third-order valence-corrected chi connectivity index (χ3v) is 6.07. The average molecular weight is 449 g/mol. The minimum absolute atomic E-state index is 0.105. The smallest absolute Gasteiger partial charge is 0.261 e. The first-order valence-electron chi connectivity index (χ1n) is 10.4. The number of amides is 1. The van der Waals surface area contributed by atoms with Gasteiger partial charge in [-0.2, -0.15) is 5.10 Å². The fourth-order valence-corrected chi connectivity index (χ4v) is 4.38. The number of ketones is 1. The van der Waals surface area contributed by atoms with Crippen molar-refractivity contribution in [2.24, 2.45) is 0 Å². The number of fused-ring (bicyclic) bond motifs is 1. The number of hydrogen-bond acceptors (Lipinski definition) is 5. The van der Waals surface area contributed by atoms with E-state index in [0.29, 0.717) is 34.1 Å². The predicted octanol–water partition coefficient (Wildman–Crippen LogP) is 4.82. The van der Waals surface area contributed by atoms with Gasteiger partial charge in [0.05, 0.1) is 13.3 Å². The Kier molecular flexibility index (Phi) is 5.19. The summed E-state index contributed by atoms with van der Waals surface area (Å²) in [6.45, 7) is 0. The first kappa shape index (κ1) is 20.3. The minimum Gasteiger partial charge on any atom is -0.497 e. The van der Waals surface area contributed by atoms with Crippen molar-refractivity contribution in [2.45, 2.75) is 25.3 Å². The van der Waals surface area contributed by atoms with E-state index < -0.39 is 6.04 Å². The number of nitrogens with one attached hydrogen (secondary N) is 2. The lowest BCUT2D eigenvalue weighted by molar-refractivity contribution is -0.116. The van der Waals surface area contributed by atoms with Crippen LogP contribution in [0.4, 0.5) is 11.5 Å². The van der Waals surface area contributed by atoms with Crippen LogP contribution in [-0.4, -0.2) is 28.6 Å². The van der Waals surface area contributed by atoms with Crippen LogP contribution in [0.25, 0.3) is 0 Å². The van der Waals surface area contributed by atoms with Crippen molar-refractivity contribution in [1.82, 2.24) is 9.78 Å². The quantitative estimate of drug-likeness (QED) is 0.597. The van der Waals surface area contributed by atoms with Crippen molar-refractivity contribution >= 4 is 34.8 Å². The second-order valence-corrected chi connectivity index (χ2v) is 8.22. The average Bonchev–Trinajstić information content (AvgIpc) is 3.23. The normalized spacial score (nSPS) is 17.3. The van der Waals surface area contributed by atoms with Crippen molar-refractivity contribution in [3.8, 4) is 5.75 Å². The van der Waals surface area contributed by atoms with Gasteiger partial charge in [-0.3, -0.25) is 9.59 Å². The first-order chi connectivity index (χ1) is 15.5. The van der Waals surface area contributed by atoms with E-state index in [-0.39, 0.29) is 11.7 Å². The lowest BCUT2D eigenvalue weighted by Gasteiger charge is -2.33. The molecule has 0 spiro atoms. The number of aromatic nitrogens is 2. The molecule has 0 fully saturated rings. The van der Waals surface area contributed by atoms with Crippen LogP contribution in [0.3, 0.4) is 0 Å². The summed E-state index contributed by atoms with van der Waals surface area (Å²) in [7, 11) is 1.61. The van der Waals surface area contributed by atoms with E-state index >= 15 is 0 Å². The van der Waals surface area contributed by atoms with E-state index in [0.717, 1.165) is 29.9 Å². The van der Waals surface area contributed by atoms with Gasteiger partial charge in [0.15, 0.2) is 5.78 Å².